The largest absolute Gasteiger partial charge is 0.335 e. The van der Waals surface area contributed by atoms with Crippen LogP contribution < -0.4 is 5.73 Å². The van der Waals surface area contributed by atoms with Gasteiger partial charge in [0.2, 0.25) is 5.91 Å². The van der Waals surface area contributed by atoms with E-state index in [9.17, 15) is 4.79 Å². The third-order valence-corrected chi connectivity index (χ3v) is 2.86. The zero-order chi connectivity index (χ0) is 11.6. The summed E-state index contributed by atoms with van der Waals surface area (Å²) >= 11 is 0. The molecule has 4 nitrogen and oxygen atoms in total. The number of nitrogens with zero attached hydrogens (tertiary/aromatic N) is 2. The lowest BCUT2D eigenvalue weighted by molar-refractivity contribution is -0.144. The van der Waals surface area contributed by atoms with Crippen LogP contribution in [0.3, 0.4) is 0 Å². The molecule has 0 saturated carbocycles. The molecule has 0 bridgehead atoms. The van der Waals surface area contributed by atoms with Crippen molar-refractivity contribution in [1.82, 2.24) is 9.80 Å². The van der Waals surface area contributed by atoms with Gasteiger partial charge in [-0.1, -0.05) is 20.8 Å². The van der Waals surface area contributed by atoms with Crippen molar-refractivity contribution in [2.24, 2.45) is 11.1 Å². The van der Waals surface area contributed by atoms with Crippen LogP contribution in [0, 0.1) is 5.41 Å². The van der Waals surface area contributed by atoms with Crippen molar-refractivity contribution in [2.75, 3.05) is 33.2 Å². The summed E-state index contributed by atoms with van der Waals surface area (Å²) < 4.78 is 0. The molecular formula is C11H23N3O. The van der Waals surface area contributed by atoms with Crippen molar-refractivity contribution < 1.29 is 4.79 Å². The summed E-state index contributed by atoms with van der Waals surface area (Å²) in [5.74, 6) is 0.214. The zero-order valence-electron chi connectivity index (χ0n) is 10.3. The Balaban J connectivity index is 2.72. The minimum Gasteiger partial charge on any atom is -0.335 e. The van der Waals surface area contributed by atoms with Gasteiger partial charge in [-0.25, -0.2) is 0 Å². The molecule has 1 rings (SSSR count). The molecule has 1 unspecified atom stereocenters. The molecule has 0 aliphatic carbocycles. The normalized spacial score (nSPS) is 24.3. The quantitative estimate of drug-likeness (QED) is 0.674. The van der Waals surface area contributed by atoms with Gasteiger partial charge in [0.05, 0.1) is 6.04 Å². The second-order valence-electron chi connectivity index (χ2n) is 5.40. The summed E-state index contributed by atoms with van der Waals surface area (Å²) in [4.78, 5) is 16.3. The lowest BCUT2D eigenvalue weighted by atomic mass is 9.93. The Morgan fingerprint density at radius 1 is 1.40 bits per heavy atom. The summed E-state index contributed by atoms with van der Waals surface area (Å²) in [6.07, 6.45) is 0. The second-order valence-corrected chi connectivity index (χ2v) is 5.40. The molecule has 1 atom stereocenters. The van der Waals surface area contributed by atoms with Gasteiger partial charge in [-0.15, -0.1) is 0 Å². The van der Waals surface area contributed by atoms with E-state index in [1.54, 1.807) is 0 Å². The molecule has 0 aromatic rings. The summed E-state index contributed by atoms with van der Waals surface area (Å²) in [5.41, 5.74) is 5.41. The van der Waals surface area contributed by atoms with E-state index >= 15 is 0 Å². The van der Waals surface area contributed by atoms with Crippen LogP contribution in [0.4, 0.5) is 0 Å². The van der Waals surface area contributed by atoms with Crippen molar-refractivity contribution in [3.8, 4) is 0 Å². The molecular weight excluding hydrogens is 190 g/mol. The molecule has 2 N–H and O–H groups in total. The van der Waals surface area contributed by atoms with Gasteiger partial charge in [0.1, 0.15) is 0 Å². The van der Waals surface area contributed by atoms with Gasteiger partial charge in [0.15, 0.2) is 0 Å². The number of carbonyl (C=O) groups excluding carboxylic acids is 1. The first kappa shape index (κ1) is 12.5. The molecule has 4 heteroatoms. The van der Waals surface area contributed by atoms with Gasteiger partial charge in [-0.2, -0.15) is 0 Å². The smallest absolute Gasteiger partial charge is 0.228 e. The number of rotatable bonds is 1. The number of amides is 1. The van der Waals surface area contributed by atoms with Crippen molar-refractivity contribution >= 4 is 5.91 Å². The average Bonchev–Trinajstić information content (AvgIpc) is 2.15. The molecule has 1 heterocycles. The minimum absolute atomic E-state index is 0.176. The van der Waals surface area contributed by atoms with E-state index in [0.29, 0.717) is 6.54 Å². The first-order chi connectivity index (χ1) is 6.86. The van der Waals surface area contributed by atoms with Crippen LogP contribution in [0.25, 0.3) is 0 Å². The highest BCUT2D eigenvalue weighted by Gasteiger charge is 2.33. The SMILES string of the molecule is CN1CCN(C(=O)C(C)(C)C)C(CN)C1. The van der Waals surface area contributed by atoms with Gasteiger partial charge in [-0.05, 0) is 7.05 Å². The molecule has 0 aromatic carbocycles. The Hall–Kier alpha value is -0.610. The summed E-state index contributed by atoms with van der Waals surface area (Å²) in [6, 6.07) is 0.176. The summed E-state index contributed by atoms with van der Waals surface area (Å²) in [5, 5.41) is 0. The van der Waals surface area contributed by atoms with Crippen LogP contribution in [-0.4, -0.2) is 55.0 Å². The van der Waals surface area contributed by atoms with E-state index in [4.69, 9.17) is 5.73 Å². The van der Waals surface area contributed by atoms with Crippen molar-refractivity contribution in [2.45, 2.75) is 26.8 Å². The maximum Gasteiger partial charge on any atom is 0.228 e. The van der Waals surface area contributed by atoms with Crippen LogP contribution in [0.5, 0.6) is 0 Å². The molecule has 88 valence electrons. The molecule has 1 aliphatic rings. The van der Waals surface area contributed by atoms with Gasteiger partial charge in [-0.3, -0.25) is 4.79 Å². The fourth-order valence-electron chi connectivity index (χ4n) is 1.91. The van der Waals surface area contributed by atoms with Crippen LogP contribution in [-0.2, 0) is 4.79 Å². The van der Waals surface area contributed by atoms with Gasteiger partial charge >= 0.3 is 0 Å². The fraction of sp³-hybridized carbons (Fsp3) is 0.909. The predicted molar refractivity (Wildman–Crippen MR) is 61.5 cm³/mol. The zero-order valence-corrected chi connectivity index (χ0v) is 10.3. The van der Waals surface area contributed by atoms with Crippen molar-refractivity contribution in [1.29, 1.82) is 0 Å². The highest BCUT2D eigenvalue weighted by molar-refractivity contribution is 5.82. The monoisotopic (exact) mass is 213 g/mol. The molecule has 1 saturated heterocycles. The van der Waals surface area contributed by atoms with E-state index in [-0.39, 0.29) is 17.4 Å². The van der Waals surface area contributed by atoms with Crippen LogP contribution in [0.15, 0.2) is 0 Å². The Morgan fingerprint density at radius 3 is 2.47 bits per heavy atom. The molecule has 1 fully saturated rings. The number of nitrogens with two attached hydrogens (primary N) is 1. The van der Waals surface area contributed by atoms with Crippen LogP contribution in [0.1, 0.15) is 20.8 Å². The lowest BCUT2D eigenvalue weighted by Gasteiger charge is -2.42. The fourth-order valence-corrected chi connectivity index (χ4v) is 1.91. The maximum absolute atomic E-state index is 12.1. The standard InChI is InChI=1S/C11H23N3O/c1-11(2,3)10(15)14-6-5-13(4)8-9(14)7-12/h9H,5-8,12H2,1-4H3. The van der Waals surface area contributed by atoms with Gasteiger partial charge in [0, 0.05) is 31.6 Å². The number of hydrogen-bond donors (Lipinski definition) is 1. The predicted octanol–water partition coefficient (Wildman–Crippen LogP) is 0.134. The highest BCUT2D eigenvalue weighted by atomic mass is 16.2. The Kier molecular flexibility index (Phi) is 3.73. The lowest BCUT2D eigenvalue weighted by Crippen LogP contribution is -2.58. The first-order valence-electron chi connectivity index (χ1n) is 5.56. The highest BCUT2D eigenvalue weighted by Crippen LogP contribution is 2.20. The Labute approximate surface area is 92.4 Å². The first-order valence-corrected chi connectivity index (χ1v) is 5.56. The topological polar surface area (TPSA) is 49.6 Å². The van der Waals surface area contributed by atoms with Crippen molar-refractivity contribution in [3.05, 3.63) is 0 Å². The molecule has 0 spiro atoms. The second kappa shape index (κ2) is 4.49. The van der Waals surface area contributed by atoms with E-state index in [2.05, 4.69) is 11.9 Å². The molecule has 1 amide bonds. The molecule has 0 radical (unpaired) electrons. The number of piperazine rings is 1. The third-order valence-electron chi connectivity index (χ3n) is 2.86. The Morgan fingerprint density at radius 2 is 2.00 bits per heavy atom. The van der Waals surface area contributed by atoms with E-state index in [1.807, 2.05) is 25.7 Å². The molecule has 0 aromatic heterocycles. The van der Waals surface area contributed by atoms with E-state index in [1.165, 1.54) is 0 Å². The van der Waals surface area contributed by atoms with Crippen molar-refractivity contribution in [3.63, 3.8) is 0 Å². The molecule has 15 heavy (non-hydrogen) atoms. The number of carbonyl (C=O) groups is 1. The summed E-state index contributed by atoms with van der Waals surface area (Å²) in [7, 11) is 2.07. The van der Waals surface area contributed by atoms with E-state index in [0.717, 1.165) is 19.6 Å². The maximum atomic E-state index is 12.1. The van der Waals surface area contributed by atoms with Gasteiger partial charge in [0.25, 0.3) is 0 Å². The van der Waals surface area contributed by atoms with Crippen LogP contribution >= 0.6 is 0 Å². The average molecular weight is 213 g/mol. The van der Waals surface area contributed by atoms with Crippen LogP contribution in [0.2, 0.25) is 0 Å². The Bertz CT molecular complexity index is 234. The summed E-state index contributed by atoms with van der Waals surface area (Å²) in [6.45, 7) is 9.06. The minimum atomic E-state index is -0.302. The molecule has 1 aliphatic heterocycles. The van der Waals surface area contributed by atoms with Gasteiger partial charge < -0.3 is 15.5 Å². The van der Waals surface area contributed by atoms with E-state index < -0.39 is 0 Å². The number of hydrogen-bond acceptors (Lipinski definition) is 3. The number of likely N-dealkylation sites (N-methyl/N-ethyl adjacent to an activating group) is 1. The third kappa shape index (κ3) is 2.92.